The quantitative estimate of drug-likeness (QED) is 0.385. The van der Waals surface area contributed by atoms with Gasteiger partial charge in [-0.05, 0) is 18.8 Å². The first kappa shape index (κ1) is 5.33. The monoisotopic (exact) mass is 108 g/mol. The first-order valence-electron chi connectivity index (χ1n) is 2.76. The van der Waals surface area contributed by atoms with Crippen molar-refractivity contribution in [3.63, 3.8) is 0 Å². The van der Waals surface area contributed by atoms with E-state index >= 15 is 0 Å². The second kappa shape index (κ2) is 1.97. The van der Waals surface area contributed by atoms with Crippen LogP contribution >= 0.6 is 0 Å². The van der Waals surface area contributed by atoms with E-state index in [-0.39, 0.29) is 0 Å². The van der Waals surface area contributed by atoms with Gasteiger partial charge in [0.2, 0.25) is 0 Å². The van der Waals surface area contributed by atoms with Crippen molar-refractivity contribution in [3.05, 3.63) is 18.2 Å². The molecule has 1 nitrogen and oxygen atoms in total. The summed E-state index contributed by atoms with van der Waals surface area (Å²) in [4.78, 5) is 9.98. The number of hydrogen-bond donors (Lipinski definition) is 0. The first-order valence-corrected chi connectivity index (χ1v) is 2.76. The van der Waals surface area contributed by atoms with Gasteiger partial charge in [0.25, 0.3) is 0 Å². The zero-order valence-corrected chi connectivity index (χ0v) is 4.68. The van der Waals surface area contributed by atoms with Gasteiger partial charge in [0.15, 0.2) is 0 Å². The molecule has 0 spiro atoms. The molecule has 1 aliphatic rings. The van der Waals surface area contributed by atoms with Gasteiger partial charge in [-0.25, -0.2) is 4.79 Å². The lowest BCUT2D eigenvalue weighted by Gasteiger charge is -1.83. The minimum atomic E-state index is 0.505. The summed E-state index contributed by atoms with van der Waals surface area (Å²) < 4.78 is 0. The smallest absolute Gasteiger partial charge is 0.128 e. The minimum Gasteiger partial charge on any atom is -0.233 e. The van der Waals surface area contributed by atoms with E-state index in [1.165, 1.54) is 0 Å². The Hall–Kier alpha value is -0.810. The Bertz CT molecular complexity index is 148. The molecule has 0 amide bonds. The first-order chi connectivity index (χ1) is 3.88. The molecule has 1 rings (SSSR count). The standard InChI is InChI=1S/C7H8O/c1-2-6(5-8)7-3-4-7/h2,7H,1,3-4H2. The van der Waals surface area contributed by atoms with Crippen molar-refractivity contribution < 1.29 is 4.79 Å². The highest BCUT2D eigenvalue weighted by Gasteiger charge is 2.24. The van der Waals surface area contributed by atoms with Crippen molar-refractivity contribution in [3.8, 4) is 0 Å². The van der Waals surface area contributed by atoms with Crippen LogP contribution in [0.25, 0.3) is 0 Å². The van der Waals surface area contributed by atoms with Crippen LogP contribution in [0.15, 0.2) is 18.2 Å². The minimum absolute atomic E-state index is 0.505. The number of carbonyl (C=O) groups excluding carboxylic acids is 1. The fourth-order valence-corrected chi connectivity index (χ4v) is 0.686. The van der Waals surface area contributed by atoms with E-state index in [9.17, 15) is 4.79 Å². The molecule has 0 unspecified atom stereocenters. The maximum atomic E-state index is 9.98. The van der Waals surface area contributed by atoms with Crippen molar-refractivity contribution in [2.45, 2.75) is 12.8 Å². The molecule has 0 aromatic rings. The third-order valence-electron chi connectivity index (χ3n) is 1.35. The summed E-state index contributed by atoms with van der Waals surface area (Å²) in [7, 11) is 0. The van der Waals surface area contributed by atoms with Crippen LogP contribution in [-0.2, 0) is 4.79 Å². The molecule has 0 aromatic carbocycles. The molecule has 0 saturated heterocycles. The molecule has 1 heteroatoms. The van der Waals surface area contributed by atoms with Gasteiger partial charge in [-0.15, -0.1) is 0 Å². The Labute approximate surface area is 48.7 Å². The van der Waals surface area contributed by atoms with Gasteiger partial charge in [-0.1, -0.05) is 12.7 Å². The molecule has 0 atom stereocenters. The molecule has 1 fully saturated rings. The second-order valence-electron chi connectivity index (χ2n) is 2.04. The molecular formula is C7H8O. The summed E-state index contributed by atoms with van der Waals surface area (Å²) in [6.45, 7) is 3.49. The van der Waals surface area contributed by atoms with Crippen LogP contribution in [0.2, 0.25) is 0 Å². The molecule has 42 valence electrons. The Kier molecular flexibility index (Phi) is 1.32. The predicted molar refractivity (Wildman–Crippen MR) is 32.1 cm³/mol. The predicted octanol–water partition coefficient (Wildman–Crippen LogP) is 1.34. The lowest BCUT2D eigenvalue weighted by molar-refractivity contribution is 0.566. The topological polar surface area (TPSA) is 17.1 Å². The third kappa shape index (κ3) is 0.877. The molecule has 1 saturated carbocycles. The number of allylic oxidation sites excluding steroid dienone is 2. The van der Waals surface area contributed by atoms with Crippen LogP contribution in [0.5, 0.6) is 0 Å². The maximum absolute atomic E-state index is 9.98. The fourth-order valence-electron chi connectivity index (χ4n) is 0.686. The average molecular weight is 108 g/mol. The fraction of sp³-hybridized carbons (Fsp3) is 0.429. The van der Waals surface area contributed by atoms with Crippen molar-refractivity contribution >= 4 is 5.94 Å². The molecular weight excluding hydrogens is 100 g/mol. The van der Waals surface area contributed by atoms with Crippen LogP contribution in [0.3, 0.4) is 0 Å². The molecule has 8 heavy (non-hydrogen) atoms. The van der Waals surface area contributed by atoms with E-state index in [0.717, 1.165) is 18.4 Å². The maximum Gasteiger partial charge on any atom is 0.128 e. The zero-order chi connectivity index (χ0) is 5.98. The number of rotatable bonds is 2. The lowest BCUT2D eigenvalue weighted by atomic mass is 10.2. The van der Waals surface area contributed by atoms with E-state index in [4.69, 9.17) is 0 Å². The third-order valence-corrected chi connectivity index (χ3v) is 1.35. The van der Waals surface area contributed by atoms with Crippen LogP contribution < -0.4 is 0 Å². The van der Waals surface area contributed by atoms with Crippen LogP contribution in [0.1, 0.15) is 12.8 Å². The van der Waals surface area contributed by atoms with Crippen molar-refractivity contribution in [1.82, 2.24) is 0 Å². The van der Waals surface area contributed by atoms with Crippen molar-refractivity contribution in [2.75, 3.05) is 0 Å². The largest absolute Gasteiger partial charge is 0.233 e. The average Bonchev–Trinajstić information content (AvgIpc) is 2.53. The summed E-state index contributed by atoms with van der Waals surface area (Å²) in [5.74, 6) is 2.37. The highest BCUT2D eigenvalue weighted by Crippen LogP contribution is 2.35. The van der Waals surface area contributed by atoms with Gasteiger partial charge < -0.3 is 0 Å². The van der Waals surface area contributed by atoms with Crippen molar-refractivity contribution in [2.24, 2.45) is 5.92 Å². The number of hydrogen-bond acceptors (Lipinski definition) is 1. The van der Waals surface area contributed by atoms with Gasteiger partial charge in [0.1, 0.15) is 5.94 Å². The molecule has 0 radical (unpaired) electrons. The Balaban J connectivity index is 2.63. The van der Waals surface area contributed by atoms with Crippen molar-refractivity contribution in [1.29, 1.82) is 0 Å². The Morgan fingerprint density at radius 1 is 1.75 bits per heavy atom. The highest BCUT2D eigenvalue weighted by atomic mass is 16.1. The molecule has 1 aliphatic carbocycles. The summed E-state index contributed by atoms with van der Waals surface area (Å²) in [5, 5.41) is 0. The summed E-state index contributed by atoms with van der Waals surface area (Å²) in [5.41, 5.74) is 0.755. The van der Waals surface area contributed by atoms with E-state index in [1.807, 2.05) is 5.94 Å². The van der Waals surface area contributed by atoms with E-state index < -0.39 is 0 Å². The van der Waals surface area contributed by atoms with E-state index in [1.54, 1.807) is 6.08 Å². The molecule has 0 aromatic heterocycles. The van der Waals surface area contributed by atoms with Gasteiger partial charge in [0.05, 0.1) is 0 Å². The van der Waals surface area contributed by atoms with E-state index in [0.29, 0.717) is 5.92 Å². The van der Waals surface area contributed by atoms with Gasteiger partial charge in [-0.2, -0.15) is 0 Å². The molecule has 0 N–H and O–H groups in total. The van der Waals surface area contributed by atoms with Crippen LogP contribution in [0.4, 0.5) is 0 Å². The van der Waals surface area contributed by atoms with Crippen LogP contribution in [-0.4, -0.2) is 5.94 Å². The van der Waals surface area contributed by atoms with E-state index in [2.05, 4.69) is 6.58 Å². The van der Waals surface area contributed by atoms with Gasteiger partial charge in [0, 0.05) is 5.57 Å². The lowest BCUT2D eigenvalue weighted by Crippen LogP contribution is -1.78. The summed E-state index contributed by atoms with van der Waals surface area (Å²) in [6, 6.07) is 0. The summed E-state index contributed by atoms with van der Waals surface area (Å²) >= 11 is 0. The second-order valence-corrected chi connectivity index (χ2v) is 2.04. The van der Waals surface area contributed by atoms with Gasteiger partial charge >= 0.3 is 0 Å². The van der Waals surface area contributed by atoms with Crippen LogP contribution in [0, 0.1) is 5.92 Å². The molecule has 0 aliphatic heterocycles. The summed E-state index contributed by atoms with van der Waals surface area (Å²) in [6.07, 6.45) is 3.90. The highest BCUT2D eigenvalue weighted by molar-refractivity contribution is 5.58. The Morgan fingerprint density at radius 2 is 2.38 bits per heavy atom. The SMILES string of the molecule is C=CC(=C=O)C1CC1. The molecule has 0 heterocycles. The Morgan fingerprint density at radius 3 is 2.50 bits per heavy atom. The molecule has 0 bridgehead atoms. The zero-order valence-electron chi connectivity index (χ0n) is 4.68. The van der Waals surface area contributed by atoms with Gasteiger partial charge in [-0.3, -0.25) is 0 Å². The normalized spacial score (nSPS) is 17.0.